The first-order chi connectivity index (χ1) is 12.4. The van der Waals surface area contributed by atoms with Crippen molar-refractivity contribution in [2.24, 2.45) is 0 Å². The molecule has 0 saturated carbocycles. The summed E-state index contributed by atoms with van der Waals surface area (Å²) in [6.45, 7) is 9.98. The Bertz CT molecular complexity index is 738. The minimum Gasteiger partial charge on any atom is -0.493 e. The van der Waals surface area contributed by atoms with Crippen LogP contribution in [0, 0.1) is 0 Å². The number of methoxy groups -OCH3 is 1. The molecule has 7 heteroatoms. The van der Waals surface area contributed by atoms with Crippen LogP contribution in [0.3, 0.4) is 0 Å². The van der Waals surface area contributed by atoms with E-state index in [9.17, 15) is 4.79 Å². The van der Waals surface area contributed by atoms with Crippen LogP contribution in [0.15, 0.2) is 23.4 Å². The van der Waals surface area contributed by atoms with Crippen LogP contribution < -0.4 is 9.47 Å². The minimum absolute atomic E-state index is 0.0187. The van der Waals surface area contributed by atoms with E-state index in [2.05, 4.69) is 42.5 Å². The Balaban J connectivity index is 1.87. The fourth-order valence-electron chi connectivity index (χ4n) is 2.52. The number of hydrogen-bond acceptors (Lipinski definition) is 6. The molecule has 0 aliphatic carbocycles. The van der Waals surface area contributed by atoms with E-state index in [1.165, 1.54) is 0 Å². The maximum atomic E-state index is 10.8. The molecule has 0 N–H and O–H groups in total. The minimum atomic E-state index is -0.0187. The zero-order chi connectivity index (χ0) is 19.2. The lowest BCUT2D eigenvalue weighted by Crippen LogP contribution is -2.19. The summed E-state index contributed by atoms with van der Waals surface area (Å²) in [6, 6.07) is 5.16. The van der Waals surface area contributed by atoms with Gasteiger partial charge in [0.15, 0.2) is 16.7 Å². The van der Waals surface area contributed by atoms with Crippen molar-refractivity contribution in [1.82, 2.24) is 14.8 Å². The Morgan fingerprint density at radius 1 is 1.23 bits per heavy atom. The number of ether oxygens (including phenoxy) is 2. The Labute approximate surface area is 159 Å². The first-order valence-corrected chi connectivity index (χ1v) is 9.71. The number of nitrogens with zero attached hydrogens (tertiary/aromatic N) is 3. The summed E-state index contributed by atoms with van der Waals surface area (Å²) in [5.74, 6) is 3.12. The molecule has 0 fully saturated rings. The third-order valence-electron chi connectivity index (χ3n) is 3.81. The molecule has 0 radical (unpaired) electrons. The Morgan fingerprint density at radius 2 is 2.00 bits per heavy atom. The van der Waals surface area contributed by atoms with Crippen molar-refractivity contribution < 1.29 is 14.3 Å². The zero-order valence-corrected chi connectivity index (χ0v) is 16.9. The second kappa shape index (κ2) is 9.07. The molecule has 1 heterocycles. The van der Waals surface area contributed by atoms with E-state index in [1.807, 2.05) is 0 Å². The SMILES string of the molecule is CCn1c(SCCCOc2ccc(C=O)cc2OC)nnc1C(C)(C)C. The molecular weight excluding hydrogens is 350 g/mol. The van der Waals surface area contributed by atoms with E-state index in [4.69, 9.17) is 9.47 Å². The van der Waals surface area contributed by atoms with E-state index in [-0.39, 0.29) is 5.41 Å². The molecule has 0 amide bonds. The third kappa shape index (κ3) is 5.00. The molecule has 0 saturated heterocycles. The molecule has 1 aromatic heterocycles. The standard InChI is InChI=1S/C19H27N3O3S/c1-6-22-17(19(2,3)4)20-21-18(22)26-11-7-10-25-15-9-8-14(13-23)12-16(15)24-5/h8-9,12-13H,6-7,10-11H2,1-5H3. The highest BCUT2D eigenvalue weighted by molar-refractivity contribution is 7.99. The number of aromatic nitrogens is 3. The molecule has 0 bridgehead atoms. The van der Waals surface area contributed by atoms with Crippen molar-refractivity contribution in [2.45, 2.75) is 51.2 Å². The van der Waals surface area contributed by atoms with Gasteiger partial charge in [-0.2, -0.15) is 0 Å². The zero-order valence-electron chi connectivity index (χ0n) is 16.1. The van der Waals surface area contributed by atoms with Crippen LogP contribution >= 0.6 is 11.8 Å². The third-order valence-corrected chi connectivity index (χ3v) is 4.86. The smallest absolute Gasteiger partial charge is 0.191 e. The predicted molar refractivity (Wildman–Crippen MR) is 104 cm³/mol. The second-order valence-corrected chi connectivity index (χ2v) is 7.94. The summed E-state index contributed by atoms with van der Waals surface area (Å²) in [5, 5.41) is 9.65. The largest absolute Gasteiger partial charge is 0.493 e. The van der Waals surface area contributed by atoms with Crippen LogP contribution in [0.1, 0.15) is 50.3 Å². The Morgan fingerprint density at radius 3 is 2.62 bits per heavy atom. The molecular formula is C19H27N3O3S. The highest BCUT2D eigenvalue weighted by atomic mass is 32.2. The van der Waals surface area contributed by atoms with E-state index in [1.54, 1.807) is 37.1 Å². The normalized spacial score (nSPS) is 11.4. The molecule has 6 nitrogen and oxygen atoms in total. The number of thioether (sulfide) groups is 1. The molecule has 2 aromatic rings. The summed E-state index contributed by atoms with van der Waals surface area (Å²) in [4.78, 5) is 10.8. The van der Waals surface area contributed by atoms with Crippen molar-refractivity contribution >= 4 is 18.0 Å². The van der Waals surface area contributed by atoms with Crippen LogP contribution in [0.4, 0.5) is 0 Å². The number of aldehydes is 1. The van der Waals surface area contributed by atoms with Gasteiger partial charge < -0.3 is 14.0 Å². The highest BCUT2D eigenvalue weighted by Crippen LogP contribution is 2.28. The van der Waals surface area contributed by atoms with Crippen molar-refractivity contribution in [3.8, 4) is 11.5 Å². The Hall–Kier alpha value is -2.02. The van der Waals surface area contributed by atoms with Crippen molar-refractivity contribution in [3.63, 3.8) is 0 Å². The fourth-order valence-corrected chi connectivity index (χ4v) is 3.43. The van der Waals surface area contributed by atoms with E-state index >= 15 is 0 Å². The van der Waals surface area contributed by atoms with Crippen LogP contribution in [0.25, 0.3) is 0 Å². The van der Waals surface area contributed by atoms with Gasteiger partial charge in [-0.1, -0.05) is 32.5 Å². The molecule has 0 unspecified atom stereocenters. The van der Waals surface area contributed by atoms with Crippen molar-refractivity contribution in [2.75, 3.05) is 19.5 Å². The number of hydrogen-bond donors (Lipinski definition) is 0. The van der Waals surface area contributed by atoms with Gasteiger partial charge in [-0.3, -0.25) is 4.79 Å². The van der Waals surface area contributed by atoms with Crippen molar-refractivity contribution in [3.05, 3.63) is 29.6 Å². The molecule has 0 aliphatic heterocycles. The summed E-state index contributed by atoms with van der Waals surface area (Å²) >= 11 is 1.69. The van der Waals surface area contributed by atoms with Crippen LogP contribution in [0.5, 0.6) is 11.5 Å². The van der Waals surface area contributed by atoms with Crippen LogP contribution in [-0.4, -0.2) is 40.5 Å². The van der Waals surface area contributed by atoms with Gasteiger partial charge in [0.1, 0.15) is 12.1 Å². The quantitative estimate of drug-likeness (QED) is 0.374. The van der Waals surface area contributed by atoms with Gasteiger partial charge in [-0.25, -0.2) is 0 Å². The van der Waals surface area contributed by atoms with Gasteiger partial charge >= 0.3 is 0 Å². The summed E-state index contributed by atoms with van der Waals surface area (Å²) in [6.07, 6.45) is 1.66. The fraction of sp³-hybridized carbons (Fsp3) is 0.526. The first kappa shape index (κ1) is 20.3. The first-order valence-electron chi connectivity index (χ1n) is 8.73. The molecule has 142 valence electrons. The molecule has 1 aromatic carbocycles. The van der Waals surface area contributed by atoms with Crippen molar-refractivity contribution in [1.29, 1.82) is 0 Å². The van der Waals surface area contributed by atoms with Gasteiger partial charge in [-0.05, 0) is 31.5 Å². The molecule has 2 rings (SSSR count). The topological polar surface area (TPSA) is 66.2 Å². The van der Waals surface area contributed by atoms with Gasteiger partial charge in [0.05, 0.1) is 13.7 Å². The number of carbonyl (C=O) groups excluding carboxylic acids is 1. The average Bonchev–Trinajstić information content (AvgIpc) is 3.04. The second-order valence-electron chi connectivity index (χ2n) is 6.88. The monoisotopic (exact) mass is 377 g/mol. The predicted octanol–water partition coefficient (Wildman–Crippen LogP) is 3.98. The highest BCUT2D eigenvalue weighted by Gasteiger charge is 2.23. The Kier molecular flexibility index (Phi) is 7.08. The lowest BCUT2D eigenvalue weighted by atomic mass is 9.96. The molecule has 26 heavy (non-hydrogen) atoms. The van der Waals surface area contributed by atoms with Gasteiger partial charge in [0.25, 0.3) is 0 Å². The average molecular weight is 378 g/mol. The maximum absolute atomic E-state index is 10.8. The lowest BCUT2D eigenvalue weighted by molar-refractivity contribution is 0.112. The van der Waals surface area contributed by atoms with Gasteiger partial charge in [0, 0.05) is 23.3 Å². The van der Waals surface area contributed by atoms with Crippen LogP contribution in [-0.2, 0) is 12.0 Å². The van der Waals surface area contributed by atoms with E-state index in [0.717, 1.165) is 36.0 Å². The van der Waals surface area contributed by atoms with Gasteiger partial charge in [-0.15, -0.1) is 10.2 Å². The number of rotatable bonds is 9. The summed E-state index contributed by atoms with van der Waals surface area (Å²) < 4.78 is 13.2. The number of carbonyl (C=O) groups is 1. The number of benzene rings is 1. The summed E-state index contributed by atoms with van der Waals surface area (Å²) in [5.41, 5.74) is 0.549. The molecule has 0 aliphatic rings. The van der Waals surface area contributed by atoms with Gasteiger partial charge in [0.2, 0.25) is 0 Å². The lowest BCUT2D eigenvalue weighted by Gasteiger charge is -2.18. The van der Waals surface area contributed by atoms with E-state index < -0.39 is 0 Å². The van der Waals surface area contributed by atoms with Crippen LogP contribution in [0.2, 0.25) is 0 Å². The molecule has 0 atom stereocenters. The molecule has 0 spiro atoms. The maximum Gasteiger partial charge on any atom is 0.191 e. The van der Waals surface area contributed by atoms with E-state index in [0.29, 0.717) is 23.7 Å². The summed E-state index contributed by atoms with van der Waals surface area (Å²) in [7, 11) is 1.57.